The molecule has 1 fully saturated rings. The molecule has 1 aliphatic heterocycles. The van der Waals surface area contributed by atoms with E-state index in [1.54, 1.807) is 0 Å². The van der Waals surface area contributed by atoms with E-state index in [0.717, 1.165) is 122 Å². The van der Waals surface area contributed by atoms with Gasteiger partial charge in [-0.15, -0.1) is 0 Å². The van der Waals surface area contributed by atoms with Crippen LogP contribution in [0.3, 0.4) is 0 Å². The van der Waals surface area contributed by atoms with Crippen LogP contribution in [0.15, 0.2) is 85.1 Å². The number of carbonyl (C=O) groups excluding carboxylic acids is 3. The number of aliphatic hydroxyl groups excluding tert-OH is 2. The predicted molar refractivity (Wildman–Crippen MR) is 321 cm³/mol. The van der Waals surface area contributed by atoms with Crippen LogP contribution in [0.2, 0.25) is 0 Å². The molecule has 0 aromatic carbocycles. The molecule has 12 nitrogen and oxygen atoms in total. The summed E-state index contributed by atoms with van der Waals surface area (Å²) in [6, 6.07) is 0. The van der Waals surface area contributed by atoms with Crippen molar-refractivity contribution in [2.45, 2.75) is 302 Å². The van der Waals surface area contributed by atoms with Crippen molar-refractivity contribution in [3.8, 4) is 0 Å². The van der Waals surface area contributed by atoms with Crippen LogP contribution >= 0.6 is 0 Å². The smallest absolute Gasteiger partial charge is 0.335 e. The van der Waals surface area contributed by atoms with E-state index in [9.17, 15) is 34.5 Å². The summed E-state index contributed by atoms with van der Waals surface area (Å²) >= 11 is 0. The van der Waals surface area contributed by atoms with E-state index in [1.807, 2.05) is 0 Å². The molecule has 0 aromatic rings. The molecular formula is C67H112O12. The monoisotopic (exact) mass is 1110 g/mol. The fraction of sp³-hybridized carbons (Fsp3) is 0.731. The minimum absolute atomic E-state index is 0.0553. The summed E-state index contributed by atoms with van der Waals surface area (Å²) in [6.45, 7) is 5.75. The number of aliphatic hydroxyl groups is 2. The summed E-state index contributed by atoms with van der Waals surface area (Å²) in [4.78, 5) is 51.3. The summed E-state index contributed by atoms with van der Waals surface area (Å²) in [5.74, 6) is -3.18. The maximum atomic E-state index is 13.2. The highest BCUT2D eigenvalue weighted by atomic mass is 16.7. The number of esters is 3. The molecule has 6 atom stereocenters. The normalized spacial score (nSPS) is 18.4. The molecule has 1 aliphatic rings. The Morgan fingerprint density at radius 1 is 0.430 bits per heavy atom. The van der Waals surface area contributed by atoms with E-state index in [0.29, 0.717) is 19.3 Å². The Hall–Kier alpha value is -4.10. The van der Waals surface area contributed by atoms with Crippen molar-refractivity contribution in [2.24, 2.45) is 0 Å². The Morgan fingerprint density at radius 2 is 0.797 bits per heavy atom. The van der Waals surface area contributed by atoms with Gasteiger partial charge in [-0.1, -0.05) is 241 Å². The molecule has 0 spiro atoms. The third-order valence-electron chi connectivity index (χ3n) is 14.0. The van der Waals surface area contributed by atoms with Crippen molar-refractivity contribution in [2.75, 3.05) is 13.2 Å². The molecule has 0 saturated carbocycles. The van der Waals surface area contributed by atoms with Gasteiger partial charge in [-0.2, -0.15) is 0 Å². The Bertz CT molecular complexity index is 1700. The van der Waals surface area contributed by atoms with Crippen LogP contribution in [0.1, 0.15) is 265 Å². The number of allylic oxidation sites excluding steroid dienone is 14. The first-order valence-electron chi connectivity index (χ1n) is 31.6. The zero-order valence-corrected chi connectivity index (χ0v) is 49.8. The highest BCUT2D eigenvalue weighted by molar-refractivity contribution is 5.74. The quantitative estimate of drug-likeness (QED) is 0.0228. The van der Waals surface area contributed by atoms with Crippen molar-refractivity contribution < 1.29 is 58.2 Å². The standard InChI is InChI=1S/C67H112O12/c1-4-7-10-13-16-19-22-25-28-30-33-35-38-41-44-47-50-53-59(68)75-56-58(77-60(69)54-51-48-45-42-39-36-32-27-24-21-18-15-12-9-6-3)57-76-67-65(63(72)62(71)64(79-67)66(73)74)78-61(70)55-52-49-46-43-40-37-34-31-29-26-23-20-17-14-11-8-5-2/h7,9-10,12,16,18-19,21,25,27-28,32,39,42,58,62-65,67,71-72H,4-6,8,11,13-15,17,20,22-24,26,29-31,33-38,40-41,43-57H2,1-3H3,(H,73,74)/b10-7-,12-9-,19-16-,21-18-,28-25-,32-27-,42-39-. The Morgan fingerprint density at radius 3 is 1.24 bits per heavy atom. The molecule has 0 aliphatic carbocycles. The number of rotatable bonds is 53. The van der Waals surface area contributed by atoms with Gasteiger partial charge in [-0.3, -0.25) is 14.4 Å². The topological polar surface area (TPSA) is 175 Å². The molecule has 0 amide bonds. The van der Waals surface area contributed by atoms with Crippen LogP contribution in [0, 0.1) is 0 Å². The van der Waals surface area contributed by atoms with Crippen molar-refractivity contribution in [1.82, 2.24) is 0 Å². The molecule has 6 unspecified atom stereocenters. The van der Waals surface area contributed by atoms with Gasteiger partial charge in [-0.25, -0.2) is 4.79 Å². The van der Waals surface area contributed by atoms with Gasteiger partial charge in [-0.05, 0) is 89.9 Å². The molecule has 0 radical (unpaired) electrons. The van der Waals surface area contributed by atoms with Gasteiger partial charge in [0.2, 0.25) is 0 Å². The highest BCUT2D eigenvalue weighted by Crippen LogP contribution is 2.26. The summed E-state index contributed by atoms with van der Waals surface area (Å²) in [5.41, 5.74) is 0. The Labute approximate surface area is 480 Å². The first-order valence-corrected chi connectivity index (χ1v) is 31.6. The molecule has 79 heavy (non-hydrogen) atoms. The lowest BCUT2D eigenvalue weighted by Crippen LogP contribution is -2.61. The predicted octanol–water partition coefficient (Wildman–Crippen LogP) is 16.7. The second-order valence-corrected chi connectivity index (χ2v) is 21.3. The second-order valence-electron chi connectivity index (χ2n) is 21.3. The largest absolute Gasteiger partial charge is 0.479 e. The van der Waals surface area contributed by atoms with E-state index in [-0.39, 0.29) is 25.9 Å². The van der Waals surface area contributed by atoms with Crippen LogP contribution in [0.4, 0.5) is 0 Å². The van der Waals surface area contributed by atoms with Gasteiger partial charge < -0.3 is 39.0 Å². The number of hydrogen-bond acceptors (Lipinski definition) is 11. The Balaban J connectivity index is 2.69. The molecule has 0 bridgehead atoms. The minimum Gasteiger partial charge on any atom is -0.479 e. The van der Waals surface area contributed by atoms with Crippen LogP contribution in [0.25, 0.3) is 0 Å². The van der Waals surface area contributed by atoms with Crippen LogP contribution in [-0.4, -0.2) is 89.2 Å². The molecular weight excluding hydrogens is 997 g/mol. The van der Waals surface area contributed by atoms with Crippen molar-refractivity contribution >= 4 is 23.9 Å². The maximum Gasteiger partial charge on any atom is 0.335 e. The zero-order chi connectivity index (χ0) is 57.5. The fourth-order valence-corrected chi connectivity index (χ4v) is 9.20. The third-order valence-corrected chi connectivity index (χ3v) is 14.0. The number of carbonyl (C=O) groups is 4. The van der Waals surface area contributed by atoms with Gasteiger partial charge in [0, 0.05) is 19.3 Å². The van der Waals surface area contributed by atoms with Crippen molar-refractivity contribution in [3.63, 3.8) is 0 Å². The first-order chi connectivity index (χ1) is 38.6. The highest BCUT2D eigenvalue weighted by Gasteiger charge is 2.50. The summed E-state index contributed by atoms with van der Waals surface area (Å²) in [5, 5.41) is 31.6. The summed E-state index contributed by atoms with van der Waals surface area (Å²) < 4.78 is 28.5. The number of unbranched alkanes of at least 4 members (excludes halogenated alkanes) is 25. The molecule has 0 aromatic heterocycles. The number of hydrogen-bond donors (Lipinski definition) is 3. The van der Waals surface area contributed by atoms with E-state index in [2.05, 4.69) is 106 Å². The fourth-order valence-electron chi connectivity index (χ4n) is 9.20. The second kappa shape index (κ2) is 54.5. The van der Waals surface area contributed by atoms with Gasteiger partial charge in [0.15, 0.2) is 24.6 Å². The molecule has 1 heterocycles. The summed E-state index contributed by atoms with van der Waals surface area (Å²) in [7, 11) is 0. The molecule has 12 heteroatoms. The van der Waals surface area contributed by atoms with Gasteiger partial charge >= 0.3 is 23.9 Å². The molecule has 3 N–H and O–H groups in total. The molecule has 1 saturated heterocycles. The van der Waals surface area contributed by atoms with Gasteiger partial charge in [0.1, 0.15) is 18.8 Å². The number of ether oxygens (including phenoxy) is 5. The number of carboxylic acids is 1. The molecule has 1 rings (SSSR count). The number of carboxylic acid groups (broad SMARTS) is 1. The SMILES string of the molecule is CC/C=C\C/C=C\C/C=C\C/C=C\CCCCC(=O)OC(COC(=O)CCCCCCCCC/C=C\C/C=C\C/C=C\CC)COC1OC(C(=O)O)C(O)C(O)C1OC(=O)CCCCCCCCCCCCCCCCCCC. The van der Waals surface area contributed by atoms with E-state index >= 15 is 0 Å². The van der Waals surface area contributed by atoms with Gasteiger partial charge in [0.05, 0.1) is 6.61 Å². The first kappa shape index (κ1) is 72.9. The number of aliphatic carboxylic acids is 1. The van der Waals surface area contributed by atoms with Crippen LogP contribution < -0.4 is 0 Å². The maximum absolute atomic E-state index is 13.2. The zero-order valence-electron chi connectivity index (χ0n) is 49.8. The average molecular weight is 1110 g/mol. The van der Waals surface area contributed by atoms with Gasteiger partial charge in [0.25, 0.3) is 0 Å². The van der Waals surface area contributed by atoms with E-state index in [4.69, 9.17) is 23.7 Å². The minimum atomic E-state index is -1.91. The lowest BCUT2D eigenvalue weighted by Gasteiger charge is -2.40. The van der Waals surface area contributed by atoms with Crippen molar-refractivity contribution in [3.05, 3.63) is 85.1 Å². The van der Waals surface area contributed by atoms with E-state index in [1.165, 1.54) is 83.5 Å². The van der Waals surface area contributed by atoms with E-state index < -0.39 is 67.3 Å². The van der Waals surface area contributed by atoms with Crippen molar-refractivity contribution in [1.29, 1.82) is 0 Å². The third kappa shape index (κ3) is 44.3. The lowest BCUT2D eigenvalue weighted by atomic mass is 9.98. The molecule has 452 valence electrons. The lowest BCUT2D eigenvalue weighted by molar-refractivity contribution is -0.301. The summed E-state index contributed by atoms with van der Waals surface area (Å²) in [6.07, 6.45) is 58.3. The Kier molecular flexibility index (Phi) is 50.3. The van der Waals surface area contributed by atoms with Crippen LogP contribution in [-0.2, 0) is 42.9 Å². The van der Waals surface area contributed by atoms with Crippen LogP contribution in [0.5, 0.6) is 0 Å². The average Bonchev–Trinajstić information content (AvgIpc) is 3.46.